The number of aliphatic hydroxyl groups excluding tert-OH is 5. The zero-order chi connectivity index (χ0) is 11.4. The average Bonchev–Trinajstić information content (AvgIpc) is 2.78. The highest BCUT2D eigenvalue weighted by molar-refractivity contribution is 7.99. The third-order valence-corrected chi connectivity index (χ3v) is 3.77. The number of rotatable bonds is 5. The SMILES string of the molecule is OC[C@H](O)[C@H](O)[C@@H](O)[C@@H](O)[C@H]1[NH2+]CCS1. The first kappa shape index (κ1) is 13.2. The van der Waals surface area contributed by atoms with Crippen LogP contribution >= 0.6 is 11.8 Å². The summed E-state index contributed by atoms with van der Waals surface area (Å²) in [5, 5.41) is 47.9. The van der Waals surface area contributed by atoms with Gasteiger partial charge in [0.25, 0.3) is 0 Å². The van der Waals surface area contributed by atoms with Crippen molar-refractivity contribution in [2.45, 2.75) is 29.8 Å². The van der Waals surface area contributed by atoms with Gasteiger partial charge >= 0.3 is 0 Å². The first-order chi connectivity index (χ1) is 7.07. The van der Waals surface area contributed by atoms with Crippen molar-refractivity contribution in [2.75, 3.05) is 18.9 Å². The second-order valence-electron chi connectivity index (χ2n) is 3.58. The Morgan fingerprint density at radius 2 is 1.87 bits per heavy atom. The summed E-state index contributed by atoms with van der Waals surface area (Å²) in [6.45, 7) is 0.213. The lowest BCUT2D eigenvalue weighted by molar-refractivity contribution is -0.665. The van der Waals surface area contributed by atoms with Gasteiger partial charge in [-0.3, -0.25) is 0 Å². The molecule has 1 rings (SSSR count). The van der Waals surface area contributed by atoms with Crippen LogP contribution in [-0.2, 0) is 0 Å². The fourth-order valence-electron chi connectivity index (χ4n) is 1.47. The van der Waals surface area contributed by atoms with Crippen LogP contribution in [0.25, 0.3) is 0 Å². The van der Waals surface area contributed by atoms with Gasteiger partial charge in [-0.05, 0) is 0 Å². The first-order valence-corrected chi connectivity index (χ1v) is 5.91. The quantitative estimate of drug-likeness (QED) is 0.292. The summed E-state index contributed by atoms with van der Waals surface area (Å²) in [7, 11) is 0. The number of aliphatic hydroxyl groups is 5. The van der Waals surface area contributed by atoms with Crippen molar-refractivity contribution in [3.63, 3.8) is 0 Å². The summed E-state index contributed by atoms with van der Waals surface area (Å²) in [6, 6.07) is 0. The van der Waals surface area contributed by atoms with Crippen LogP contribution < -0.4 is 5.32 Å². The minimum Gasteiger partial charge on any atom is -0.394 e. The van der Waals surface area contributed by atoms with Gasteiger partial charge in [-0.15, -0.1) is 0 Å². The molecule has 0 aromatic heterocycles. The zero-order valence-corrected chi connectivity index (χ0v) is 9.05. The zero-order valence-electron chi connectivity index (χ0n) is 8.23. The fourth-order valence-corrected chi connectivity index (χ4v) is 2.65. The largest absolute Gasteiger partial charge is 0.394 e. The lowest BCUT2D eigenvalue weighted by atomic mass is 10.0. The average molecular weight is 240 g/mol. The van der Waals surface area contributed by atoms with Gasteiger partial charge in [0, 0.05) is 5.75 Å². The van der Waals surface area contributed by atoms with E-state index < -0.39 is 31.0 Å². The van der Waals surface area contributed by atoms with Gasteiger partial charge in [-0.2, -0.15) is 0 Å². The first-order valence-electron chi connectivity index (χ1n) is 4.86. The molecule has 5 atom stereocenters. The van der Waals surface area contributed by atoms with E-state index in [0.717, 1.165) is 12.3 Å². The van der Waals surface area contributed by atoms with Crippen LogP contribution in [0.2, 0.25) is 0 Å². The van der Waals surface area contributed by atoms with Crippen LogP contribution in [0.5, 0.6) is 0 Å². The predicted molar refractivity (Wildman–Crippen MR) is 54.2 cm³/mol. The maximum atomic E-state index is 9.68. The van der Waals surface area contributed by atoms with Gasteiger partial charge < -0.3 is 30.8 Å². The normalized spacial score (nSPS) is 29.8. The molecule has 90 valence electrons. The van der Waals surface area contributed by atoms with Gasteiger partial charge in [0.2, 0.25) is 0 Å². The molecular formula is C8H18NO5S+. The molecule has 7 N–H and O–H groups in total. The van der Waals surface area contributed by atoms with E-state index in [1.165, 1.54) is 11.8 Å². The van der Waals surface area contributed by atoms with Crippen molar-refractivity contribution in [2.24, 2.45) is 0 Å². The smallest absolute Gasteiger partial charge is 0.162 e. The predicted octanol–water partition coefficient (Wildman–Crippen LogP) is -3.94. The number of quaternary nitrogens is 1. The van der Waals surface area contributed by atoms with Gasteiger partial charge in [0.15, 0.2) is 5.37 Å². The summed E-state index contributed by atoms with van der Waals surface area (Å²) in [5.74, 6) is 0.882. The second-order valence-corrected chi connectivity index (χ2v) is 4.87. The Kier molecular flexibility index (Phi) is 5.27. The van der Waals surface area contributed by atoms with Crippen LogP contribution in [-0.4, -0.2) is 74.2 Å². The van der Waals surface area contributed by atoms with Crippen molar-refractivity contribution in [1.82, 2.24) is 0 Å². The molecule has 7 heteroatoms. The maximum Gasteiger partial charge on any atom is 0.162 e. The summed E-state index contributed by atoms with van der Waals surface area (Å²) < 4.78 is 0. The Bertz CT molecular complexity index is 190. The van der Waals surface area contributed by atoms with E-state index >= 15 is 0 Å². The number of hydrogen-bond acceptors (Lipinski definition) is 6. The van der Waals surface area contributed by atoms with E-state index in [-0.39, 0.29) is 5.37 Å². The third-order valence-electron chi connectivity index (χ3n) is 2.44. The Morgan fingerprint density at radius 3 is 2.33 bits per heavy atom. The topological polar surface area (TPSA) is 118 Å². The summed E-state index contributed by atoms with van der Waals surface area (Å²) >= 11 is 1.49. The molecule has 6 nitrogen and oxygen atoms in total. The van der Waals surface area contributed by atoms with E-state index in [1.54, 1.807) is 0 Å². The molecule has 0 aromatic carbocycles. The van der Waals surface area contributed by atoms with Crippen LogP contribution in [0, 0.1) is 0 Å². The summed E-state index contributed by atoms with van der Waals surface area (Å²) in [6.07, 6.45) is -5.52. The Morgan fingerprint density at radius 1 is 1.20 bits per heavy atom. The van der Waals surface area contributed by atoms with Crippen molar-refractivity contribution >= 4 is 11.8 Å². The van der Waals surface area contributed by atoms with Crippen LogP contribution in [0.4, 0.5) is 0 Å². The van der Waals surface area contributed by atoms with Crippen molar-refractivity contribution < 1.29 is 30.8 Å². The molecule has 0 saturated carbocycles. The molecule has 0 aromatic rings. The molecule has 0 unspecified atom stereocenters. The summed E-state index contributed by atoms with van der Waals surface area (Å²) in [4.78, 5) is 0. The van der Waals surface area contributed by atoms with Gasteiger partial charge in [-0.1, -0.05) is 11.8 Å². The molecule has 0 aliphatic carbocycles. The number of nitrogens with two attached hydrogens (primary N) is 1. The molecular weight excluding hydrogens is 222 g/mol. The maximum absolute atomic E-state index is 9.68. The lowest BCUT2D eigenvalue weighted by Crippen LogP contribution is -2.89. The molecule has 0 radical (unpaired) electrons. The standard InChI is InChI=1S/C8H17NO5S/c10-3-4(11)5(12)6(13)7(14)8-9-1-2-15-8/h4-14H,1-3H2/p+1/t4-,5-,6+,7+,8-/m0/s1. The highest BCUT2D eigenvalue weighted by Gasteiger charge is 2.38. The Hall–Kier alpha value is 0.110. The third kappa shape index (κ3) is 3.28. The van der Waals surface area contributed by atoms with Gasteiger partial charge in [0.05, 0.1) is 13.2 Å². The van der Waals surface area contributed by atoms with E-state index in [0.29, 0.717) is 0 Å². The van der Waals surface area contributed by atoms with Crippen molar-refractivity contribution in [1.29, 1.82) is 0 Å². The molecule has 1 saturated heterocycles. The lowest BCUT2D eigenvalue weighted by Gasteiger charge is -2.26. The van der Waals surface area contributed by atoms with Crippen molar-refractivity contribution in [3.8, 4) is 0 Å². The monoisotopic (exact) mass is 240 g/mol. The number of thioether (sulfide) groups is 1. The molecule has 0 amide bonds. The highest BCUT2D eigenvalue weighted by Crippen LogP contribution is 2.16. The Balaban J connectivity index is 2.46. The Labute approximate surface area is 91.9 Å². The van der Waals surface area contributed by atoms with Crippen molar-refractivity contribution in [3.05, 3.63) is 0 Å². The minimum absolute atomic E-state index is 0.222. The van der Waals surface area contributed by atoms with E-state index in [2.05, 4.69) is 0 Å². The van der Waals surface area contributed by atoms with Gasteiger partial charge in [-0.25, -0.2) is 0 Å². The van der Waals surface area contributed by atoms with Crippen LogP contribution in [0.15, 0.2) is 0 Å². The molecule has 0 bridgehead atoms. The molecule has 0 spiro atoms. The highest BCUT2D eigenvalue weighted by atomic mass is 32.2. The van der Waals surface area contributed by atoms with E-state index in [9.17, 15) is 15.3 Å². The fraction of sp³-hybridized carbons (Fsp3) is 1.00. The molecule has 1 aliphatic rings. The number of hydrogen-bond donors (Lipinski definition) is 6. The van der Waals surface area contributed by atoms with E-state index in [1.807, 2.05) is 5.32 Å². The molecule has 1 aliphatic heterocycles. The molecule has 1 heterocycles. The van der Waals surface area contributed by atoms with Crippen LogP contribution in [0.3, 0.4) is 0 Å². The van der Waals surface area contributed by atoms with Crippen LogP contribution in [0.1, 0.15) is 0 Å². The minimum atomic E-state index is -1.53. The van der Waals surface area contributed by atoms with Gasteiger partial charge in [0.1, 0.15) is 24.4 Å². The second kappa shape index (κ2) is 6.00. The van der Waals surface area contributed by atoms with E-state index in [4.69, 9.17) is 10.2 Å². The summed E-state index contributed by atoms with van der Waals surface area (Å²) in [5.41, 5.74) is 0. The molecule has 15 heavy (non-hydrogen) atoms. The molecule has 1 fully saturated rings.